The van der Waals surface area contributed by atoms with Crippen LogP contribution in [0.2, 0.25) is 0 Å². The molecule has 0 fully saturated rings. The molecule has 0 aliphatic heterocycles. The highest BCUT2D eigenvalue weighted by atomic mass is 19.1. The van der Waals surface area contributed by atoms with Crippen LogP contribution in [0.1, 0.15) is 50.6 Å². The lowest BCUT2D eigenvalue weighted by Gasteiger charge is -2.16. The third-order valence-electron chi connectivity index (χ3n) is 7.31. The van der Waals surface area contributed by atoms with Crippen molar-refractivity contribution in [3.05, 3.63) is 137 Å². The summed E-state index contributed by atoms with van der Waals surface area (Å²) in [5.41, 5.74) is 3.88. The number of nitrogens with one attached hydrogen (secondary N) is 1. The number of carboxylic acids is 1. The lowest BCUT2D eigenvalue weighted by Crippen LogP contribution is -2.27. The number of aromatic nitrogens is 1. The van der Waals surface area contributed by atoms with Crippen LogP contribution < -0.4 is 5.32 Å². The van der Waals surface area contributed by atoms with Gasteiger partial charge in [-0.25, -0.2) is 13.6 Å². The van der Waals surface area contributed by atoms with Gasteiger partial charge in [0.05, 0.1) is 22.6 Å². The van der Waals surface area contributed by atoms with Crippen LogP contribution in [0.3, 0.4) is 0 Å². The SMILES string of the molecule is C[C@H](NC(=O)c1cc(-c2ccc(F)cc2)cc2noc(Cc3ccc4ccc(F)cc4c3)c12)c1ccc(C(=O)O)cc1. The molecule has 42 heavy (non-hydrogen) atoms. The second-order valence-corrected chi connectivity index (χ2v) is 10.2. The van der Waals surface area contributed by atoms with Crippen LogP contribution in [0.15, 0.2) is 102 Å². The first-order valence-electron chi connectivity index (χ1n) is 13.3. The number of aromatic carboxylic acids is 1. The quantitative estimate of drug-likeness (QED) is 0.208. The average Bonchev–Trinajstić information content (AvgIpc) is 3.39. The molecule has 1 heterocycles. The summed E-state index contributed by atoms with van der Waals surface area (Å²) in [6, 6.07) is 25.6. The zero-order valence-electron chi connectivity index (χ0n) is 22.4. The zero-order chi connectivity index (χ0) is 29.4. The first-order valence-corrected chi connectivity index (χ1v) is 13.3. The molecule has 6 rings (SSSR count). The molecule has 6 aromatic rings. The fraction of sp³-hybridized carbons (Fsp3) is 0.0882. The Balaban J connectivity index is 1.40. The standard InChI is InChI=1S/C34H24F2N2O4/c1-19(21-4-6-24(7-5-21)34(40)41)37-33(39)29-17-26(23-8-11-27(35)12-9-23)18-30-32(29)31(42-38-30)15-20-2-3-22-10-13-28(36)16-25(22)14-20/h2-14,16-19H,15H2,1H3,(H,37,39)(H,40,41)/t19-/m0/s1. The third-order valence-corrected chi connectivity index (χ3v) is 7.31. The van der Waals surface area contributed by atoms with Crippen LogP contribution in [0.25, 0.3) is 32.8 Å². The molecular weight excluding hydrogens is 538 g/mol. The van der Waals surface area contributed by atoms with E-state index in [0.717, 1.165) is 21.9 Å². The molecule has 6 nitrogen and oxygen atoms in total. The number of carbonyl (C=O) groups excluding carboxylic acids is 1. The Kier molecular flexibility index (Phi) is 6.96. The summed E-state index contributed by atoms with van der Waals surface area (Å²) in [4.78, 5) is 25.0. The van der Waals surface area contributed by atoms with Crippen molar-refractivity contribution in [3.63, 3.8) is 0 Å². The number of halogens is 2. The molecule has 8 heteroatoms. The number of hydrogen-bond acceptors (Lipinski definition) is 4. The maximum atomic E-state index is 13.9. The zero-order valence-corrected chi connectivity index (χ0v) is 22.4. The maximum Gasteiger partial charge on any atom is 0.335 e. The molecule has 0 bridgehead atoms. The van der Waals surface area contributed by atoms with E-state index in [1.807, 2.05) is 18.2 Å². The minimum Gasteiger partial charge on any atom is -0.478 e. The van der Waals surface area contributed by atoms with Crippen LogP contribution in [0.5, 0.6) is 0 Å². The van der Waals surface area contributed by atoms with Gasteiger partial charge in [0.1, 0.15) is 22.9 Å². The van der Waals surface area contributed by atoms with Crippen LogP contribution >= 0.6 is 0 Å². The summed E-state index contributed by atoms with van der Waals surface area (Å²) in [6.45, 7) is 1.80. The Morgan fingerprint density at radius 2 is 1.55 bits per heavy atom. The Bertz CT molecular complexity index is 1970. The van der Waals surface area contributed by atoms with Gasteiger partial charge < -0.3 is 14.9 Å². The van der Waals surface area contributed by atoms with Gasteiger partial charge in [0, 0.05) is 6.42 Å². The van der Waals surface area contributed by atoms with E-state index in [9.17, 15) is 23.5 Å². The smallest absolute Gasteiger partial charge is 0.335 e. The first-order chi connectivity index (χ1) is 20.2. The minimum atomic E-state index is -1.03. The highest BCUT2D eigenvalue weighted by Crippen LogP contribution is 2.32. The van der Waals surface area contributed by atoms with E-state index in [1.165, 1.54) is 36.4 Å². The van der Waals surface area contributed by atoms with E-state index in [0.29, 0.717) is 39.8 Å². The monoisotopic (exact) mass is 562 g/mol. The summed E-state index contributed by atoms with van der Waals surface area (Å²) in [5.74, 6) is -1.66. The molecule has 0 unspecified atom stereocenters. The van der Waals surface area contributed by atoms with Crippen molar-refractivity contribution < 1.29 is 28.0 Å². The van der Waals surface area contributed by atoms with Gasteiger partial charge in [-0.15, -0.1) is 0 Å². The van der Waals surface area contributed by atoms with Gasteiger partial charge in [0.2, 0.25) is 0 Å². The van der Waals surface area contributed by atoms with Gasteiger partial charge in [0.25, 0.3) is 5.91 Å². The van der Waals surface area contributed by atoms with E-state index in [4.69, 9.17) is 4.52 Å². The molecule has 0 saturated heterocycles. The molecule has 1 atom stereocenters. The van der Waals surface area contributed by atoms with Crippen LogP contribution in [-0.2, 0) is 6.42 Å². The minimum absolute atomic E-state index is 0.150. The summed E-state index contributed by atoms with van der Waals surface area (Å²) in [7, 11) is 0. The number of hydrogen-bond donors (Lipinski definition) is 2. The van der Waals surface area contributed by atoms with Crippen molar-refractivity contribution >= 4 is 33.6 Å². The summed E-state index contributed by atoms with van der Waals surface area (Å²) in [5, 5.41) is 18.6. The topological polar surface area (TPSA) is 92.4 Å². The summed E-state index contributed by atoms with van der Waals surface area (Å²) < 4.78 is 33.2. The van der Waals surface area contributed by atoms with Crippen molar-refractivity contribution in [2.75, 3.05) is 0 Å². The van der Waals surface area contributed by atoms with E-state index < -0.39 is 12.0 Å². The molecule has 5 aromatic carbocycles. The Hall–Kier alpha value is -5.37. The number of benzene rings is 5. The van der Waals surface area contributed by atoms with Gasteiger partial charge >= 0.3 is 5.97 Å². The Morgan fingerprint density at radius 3 is 2.29 bits per heavy atom. The van der Waals surface area contributed by atoms with Crippen molar-refractivity contribution in [1.29, 1.82) is 0 Å². The lowest BCUT2D eigenvalue weighted by atomic mass is 9.96. The van der Waals surface area contributed by atoms with Gasteiger partial charge in [-0.3, -0.25) is 4.79 Å². The van der Waals surface area contributed by atoms with Crippen molar-refractivity contribution in [2.45, 2.75) is 19.4 Å². The molecule has 0 saturated carbocycles. The Morgan fingerprint density at radius 1 is 0.833 bits per heavy atom. The third kappa shape index (κ3) is 5.34. The molecule has 1 aromatic heterocycles. The predicted octanol–water partition coefficient (Wildman–Crippen LogP) is 7.71. The highest BCUT2D eigenvalue weighted by Gasteiger charge is 2.22. The number of rotatable bonds is 7. The van der Waals surface area contributed by atoms with E-state index in [-0.39, 0.29) is 23.1 Å². The van der Waals surface area contributed by atoms with Crippen molar-refractivity contribution in [1.82, 2.24) is 10.5 Å². The molecule has 0 radical (unpaired) electrons. The number of amides is 1. The average molecular weight is 563 g/mol. The van der Waals surface area contributed by atoms with Crippen LogP contribution in [-0.4, -0.2) is 22.1 Å². The molecular formula is C34H24F2N2O4. The van der Waals surface area contributed by atoms with E-state index >= 15 is 0 Å². The molecule has 2 N–H and O–H groups in total. The van der Waals surface area contributed by atoms with Crippen molar-refractivity contribution in [3.8, 4) is 11.1 Å². The normalized spacial score (nSPS) is 12.0. The van der Waals surface area contributed by atoms with Crippen molar-refractivity contribution in [2.24, 2.45) is 0 Å². The van der Waals surface area contributed by atoms with Gasteiger partial charge in [0.15, 0.2) is 0 Å². The van der Waals surface area contributed by atoms with Crippen LogP contribution in [0.4, 0.5) is 8.78 Å². The second kappa shape index (κ2) is 10.9. The fourth-order valence-electron chi connectivity index (χ4n) is 5.08. The maximum absolute atomic E-state index is 13.9. The second-order valence-electron chi connectivity index (χ2n) is 10.2. The largest absolute Gasteiger partial charge is 0.478 e. The summed E-state index contributed by atoms with van der Waals surface area (Å²) in [6.07, 6.45) is 0.311. The highest BCUT2D eigenvalue weighted by molar-refractivity contribution is 6.09. The Labute approximate surface area is 239 Å². The number of nitrogens with zero attached hydrogens (tertiary/aromatic N) is 1. The fourth-order valence-corrected chi connectivity index (χ4v) is 5.08. The number of carboxylic acid groups (broad SMARTS) is 1. The van der Waals surface area contributed by atoms with E-state index in [2.05, 4.69) is 10.5 Å². The number of fused-ring (bicyclic) bond motifs is 2. The van der Waals surface area contributed by atoms with Gasteiger partial charge in [-0.2, -0.15) is 0 Å². The van der Waals surface area contributed by atoms with E-state index in [1.54, 1.807) is 49.4 Å². The molecule has 0 spiro atoms. The summed E-state index contributed by atoms with van der Waals surface area (Å²) >= 11 is 0. The van der Waals surface area contributed by atoms with Crippen LogP contribution in [0, 0.1) is 11.6 Å². The molecule has 208 valence electrons. The molecule has 1 amide bonds. The lowest BCUT2D eigenvalue weighted by molar-refractivity contribution is 0.0696. The molecule has 0 aliphatic carbocycles. The van der Waals surface area contributed by atoms with Gasteiger partial charge in [-0.05, 0) is 88.5 Å². The predicted molar refractivity (Wildman–Crippen MR) is 155 cm³/mol. The number of carbonyl (C=O) groups is 2. The van der Waals surface area contributed by atoms with Gasteiger partial charge in [-0.1, -0.05) is 53.7 Å². The first kappa shape index (κ1) is 26.8. The molecule has 0 aliphatic rings.